The molecule has 0 aromatic heterocycles. The fourth-order valence-electron chi connectivity index (χ4n) is 4.81. The summed E-state index contributed by atoms with van der Waals surface area (Å²) in [4.78, 5) is 54.8. The minimum Gasteiger partial charge on any atom is -0.337 e. The van der Waals surface area contributed by atoms with Crippen molar-refractivity contribution in [3.8, 4) is 11.1 Å². The normalized spacial score (nSPS) is 15.9. The molecule has 0 spiro atoms. The van der Waals surface area contributed by atoms with Gasteiger partial charge in [0.05, 0.1) is 12.2 Å². The first kappa shape index (κ1) is 22.6. The molecule has 4 amide bonds. The first-order valence-corrected chi connectivity index (χ1v) is 11.6. The molecule has 0 atom stereocenters. The van der Waals surface area contributed by atoms with Crippen LogP contribution in [0.25, 0.3) is 11.1 Å². The highest BCUT2D eigenvalue weighted by Crippen LogP contribution is 2.37. The summed E-state index contributed by atoms with van der Waals surface area (Å²) < 4.78 is 0. The number of amides is 4. The lowest BCUT2D eigenvalue weighted by atomic mass is 9.95. The van der Waals surface area contributed by atoms with E-state index < -0.39 is 5.91 Å². The summed E-state index contributed by atoms with van der Waals surface area (Å²) >= 11 is 0. The molecule has 0 radical (unpaired) electrons. The molecule has 35 heavy (non-hydrogen) atoms. The summed E-state index contributed by atoms with van der Waals surface area (Å²) in [6, 6.07) is 11.5. The molecule has 8 nitrogen and oxygen atoms in total. The van der Waals surface area contributed by atoms with Gasteiger partial charge in [-0.2, -0.15) is 0 Å². The van der Waals surface area contributed by atoms with Crippen molar-refractivity contribution in [2.24, 2.45) is 0 Å². The van der Waals surface area contributed by atoms with Crippen LogP contribution in [0.4, 0.5) is 5.69 Å². The second-order valence-electron chi connectivity index (χ2n) is 9.01. The zero-order chi connectivity index (χ0) is 24.9. The maximum Gasteiger partial charge on any atom is 0.271 e. The van der Waals surface area contributed by atoms with E-state index in [2.05, 4.69) is 24.5 Å². The molecule has 1 fully saturated rings. The van der Waals surface area contributed by atoms with Gasteiger partial charge in [0.1, 0.15) is 5.70 Å². The van der Waals surface area contributed by atoms with Crippen LogP contribution in [-0.4, -0.2) is 53.1 Å². The van der Waals surface area contributed by atoms with Gasteiger partial charge in [-0.05, 0) is 53.3 Å². The number of likely N-dealkylation sites (tertiary alicyclic amines) is 1. The average Bonchev–Trinajstić information content (AvgIpc) is 3.38. The summed E-state index contributed by atoms with van der Waals surface area (Å²) in [6.45, 7) is 11.2. The van der Waals surface area contributed by atoms with Crippen molar-refractivity contribution >= 4 is 29.3 Å². The number of benzene rings is 2. The summed E-state index contributed by atoms with van der Waals surface area (Å²) in [6.07, 6.45) is 1.71. The van der Waals surface area contributed by atoms with Crippen molar-refractivity contribution in [3.05, 3.63) is 77.6 Å². The quantitative estimate of drug-likeness (QED) is 0.681. The zero-order valence-electron chi connectivity index (χ0n) is 19.6. The highest BCUT2D eigenvalue weighted by molar-refractivity contribution is 6.08. The lowest BCUT2D eigenvalue weighted by molar-refractivity contribution is -0.132. The number of hydrogen-bond acceptors (Lipinski definition) is 4. The molecule has 178 valence electrons. The molecule has 5 rings (SSSR count). The number of anilines is 1. The number of carbonyl (C=O) groups excluding carboxylic acids is 4. The van der Waals surface area contributed by atoms with E-state index in [0.29, 0.717) is 25.2 Å². The number of fused-ring (bicyclic) bond motifs is 2. The van der Waals surface area contributed by atoms with Crippen molar-refractivity contribution in [1.82, 2.24) is 15.1 Å². The van der Waals surface area contributed by atoms with Crippen LogP contribution in [-0.2, 0) is 27.3 Å². The molecule has 3 heterocycles. The predicted octanol–water partition coefficient (Wildman–Crippen LogP) is 2.59. The first-order chi connectivity index (χ1) is 16.8. The third kappa shape index (κ3) is 3.80. The molecule has 1 saturated heterocycles. The minimum atomic E-state index is -0.631. The van der Waals surface area contributed by atoms with E-state index in [0.717, 1.165) is 40.8 Å². The SMILES string of the molecule is C=C(NC(=O)C(=C)N1Cc2c(cccc2-c2ccc3c(c2)CCN3C(C)=O)C1=O)C(=O)N1CCC1. The van der Waals surface area contributed by atoms with Crippen molar-refractivity contribution in [2.75, 3.05) is 24.5 Å². The Balaban J connectivity index is 1.36. The highest BCUT2D eigenvalue weighted by atomic mass is 16.2. The number of nitrogens with one attached hydrogen (secondary N) is 1. The summed E-state index contributed by atoms with van der Waals surface area (Å²) in [5.74, 6) is -1.25. The molecule has 0 bridgehead atoms. The van der Waals surface area contributed by atoms with Gasteiger partial charge in [-0.1, -0.05) is 31.4 Å². The zero-order valence-corrected chi connectivity index (χ0v) is 19.6. The Kier molecular flexibility index (Phi) is 5.51. The third-order valence-electron chi connectivity index (χ3n) is 6.89. The predicted molar refractivity (Wildman–Crippen MR) is 131 cm³/mol. The molecule has 2 aromatic carbocycles. The fraction of sp³-hybridized carbons (Fsp3) is 0.259. The molecule has 0 aliphatic carbocycles. The van der Waals surface area contributed by atoms with Gasteiger partial charge in [-0.25, -0.2) is 0 Å². The Morgan fingerprint density at radius 1 is 0.971 bits per heavy atom. The number of rotatable bonds is 5. The molecular formula is C27H26N4O4. The Bertz CT molecular complexity index is 1320. The monoisotopic (exact) mass is 470 g/mol. The maximum atomic E-state index is 13.2. The van der Waals surface area contributed by atoms with Gasteiger partial charge in [-0.3, -0.25) is 24.1 Å². The summed E-state index contributed by atoms with van der Waals surface area (Å²) in [5, 5.41) is 2.49. The van der Waals surface area contributed by atoms with Gasteiger partial charge in [-0.15, -0.1) is 0 Å². The van der Waals surface area contributed by atoms with Crippen LogP contribution in [0, 0.1) is 0 Å². The molecule has 8 heteroatoms. The van der Waals surface area contributed by atoms with E-state index in [-0.39, 0.29) is 35.7 Å². The van der Waals surface area contributed by atoms with Gasteiger partial charge < -0.3 is 15.1 Å². The second-order valence-corrected chi connectivity index (χ2v) is 9.01. The molecule has 2 aromatic rings. The van der Waals surface area contributed by atoms with E-state index in [1.54, 1.807) is 22.8 Å². The van der Waals surface area contributed by atoms with E-state index >= 15 is 0 Å². The van der Waals surface area contributed by atoms with E-state index in [9.17, 15) is 19.2 Å². The van der Waals surface area contributed by atoms with E-state index in [1.165, 1.54) is 4.90 Å². The Labute approximate surface area is 203 Å². The lowest BCUT2D eigenvalue weighted by Crippen LogP contribution is -2.46. The van der Waals surface area contributed by atoms with Crippen molar-refractivity contribution < 1.29 is 19.2 Å². The van der Waals surface area contributed by atoms with Gasteiger partial charge >= 0.3 is 0 Å². The van der Waals surface area contributed by atoms with Crippen LogP contribution in [0.2, 0.25) is 0 Å². The van der Waals surface area contributed by atoms with Crippen LogP contribution in [0.15, 0.2) is 61.0 Å². The Morgan fingerprint density at radius 3 is 2.40 bits per heavy atom. The largest absolute Gasteiger partial charge is 0.337 e. The van der Waals surface area contributed by atoms with Gasteiger partial charge in [0.25, 0.3) is 17.7 Å². The Hall–Kier alpha value is -4.20. The van der Waals surface area contributed by atoms with Gasteiger partial charge in [0, 0.05) is 37.8 Å². The highest BCUT2D eigenvalue weighted by Gasteiger charge is 2.34. The molecule has 1 N–H and O–H groups in total. The summed E-state index contributed by atoms with van der Waals surface area (Å²) in [5.41, 5.74) is 5.10. The van der Waals surface area contributed by atoms with Crippen molar-refractivity contribution in [2.45, 2.75) is 26.3 Å². The number of hydrogen-bond donors (Lipinski definition) is 1. The topological polar surface area (TPSA) is 90.0 Å². The smallest absolute Gasteiger partial charge is 0.271 e. The van der Waals surface area contributed by atoms with E-state index in [1.807, 2.05) is 24.3 Å². The Morgan fingerprint density at radius 2 is 1.71 bits per heavy atom. The fourth-order valence-corrected chi connectivity index (χ4v) is 4.81. The lowest BCUT2D eigenvalue weighted by Gasteiger charge is -2.31. The van der Waals surface area contributed by atoms with Crippen LogP contribution >= 0.6 is 0 Å². The number of nitrogens with zero attached hydrogens (tertiary/aromatic N) is 3. The minimum absolute atomic E-state index is 0.0180. The van der Waals surface area contributed by atoms with Crippen LogP contribution in [0.3, 0.4) is 0 Å². The molecular weight excluding hydrogens is 444 g/mol. The molecule has 3 aliphatic rings. The molecule has 0 unspecified atom stereocenters. The maximum absolute atomic E-state index is 13.2. The van der Waals surface area contributed by atoms with Crippen LogP contribution in [0.5, 0.6) is 0 Å². The van der Waals surface area contributed by atoms with Crippen LogP contribution < -0.4 is 10.2 Å². The summed E-state index contributed by atoms with van der Waals surface area (Å²) in [7, 11) is 0. The first-order valence-electron chi connectivity index (χ1n) is 11.6. The second kappa shape index (κ2) is 8.54. The van der Waals surface area contributed by atoms with Gasteiger partial charge in [0.15, 0.2) is 0 Å². The van der Waals surface area contributed by atoms with Crippen molar-refractivity contribution in [1.29, 1.82) is 0 Å². The standard InChI is InChI=1S/C27H26N4O4/c1-16(26(34)29-11-5-12-29)28-25(33)17(2)31-15-23-21(6-4-7-22(23)27(31)35)19-8-9-24-20(14-19)10-13-30(24)18(3)32/h4,6-9,14H,1-2,5,10-13,15H2,3H3,(H,28,33). The van der Waals surface area contributed by atoms with Crippen molar-refractivity contribution in [3.63, 3.8) is 0 Å². The van der Waals surface area contributed by atoms with E-state index in [4.69, 9.17) is 0 Å². The van der Waals surface area contributed by atoms with Crippen LogP contribution in [0.1, 0.15) is 34.8 Å². The molecule has 3 aliphatic heterocycles. The number of carbonyl (C=O) groups is 4. The van der Waals surface area contributed by atoms with Gasteiger partial charge in [0.2, 0.25) is 5.91 Å². The molecule has 0 saturated carbocycles. The third-order valence-corrected chi connectivity index (χ3v) is 6.89. The average molecular weight is 471 g/mol.